The molecule has 0 aliphatic carbocycles. The predicted molar refractivity (Wildman–Crippen MR) is 97.0 cm³/mol. The van der Waals surface area contributed by atoms with Crippen molar-refractivity contribution in [2.24, 2.45) is 11.7 Å². The summed E-state index contributed by atoms with van der Waals surface area (Å²) in [6.45, 7) is 2.10. The molecule has 1 fully saturated rings. The Kier molecular flexibility index (Phi) is 5.91. The minimum absolute atomic E-state index is 0.0249. The standard InChI is InChI=1S/C19H23N3O4/c20-12-14-6-8-22(9-7-14)18(23)13-26-16-4-1-3-15(11-16)21-19(24)17-5-2-10-25-17/h1-5,10-11,14H,6-9,12-13,20H2,(H,21,24). The number of hydrogen-bond donors (Lipinski definition) is 2. The number of amides is 2. The number of carbonyl (C=O) groups excluding carboxylic acids is 2. The first-order chi connectivity index (χ1) is 12.7. The molecule has 1 saturated heterocycles. The molecule has 26 heavy (non-hydrogen) atoms. The van der Waals surface area contributed by atoms with Crippen molar-refractivity contribution in [3.8, 4) is 5.75 Å². The molecule has 3 rings (SSSR count). The Hall–Kier alpha value is -2.80. The van der Waals surface area contributed by atoms with Crippen molar-refractivity contribution in [1.29, 1.82) is 0 Å². The number of anilines is 1. The minimum atomic E-state index is -0.342. The third-order valence-electron chi connectivity index (χ3n) is 4.50. The number of ether oxygens (including phenoxy) is 1. The summed E-state index contributed by atoms with van der Waals surface area (Å²) in [5.74, 6) is 0.880. The zero-order chi connectivity index (χ0) is 18.4. The van der Waals surface area contributed by atoms with Crippen LogP contribution in [-0.2, 0) is 4.79 Å². The summed E-state index contributed by atoms with van der Waals surface area (Å²) in [5.41, 5.74) is 6.24. The molecule has 0 radical (unpaired) electrons. The lowest BCUT2D eigenvalue weighted by Gasteiger charge is -2.31. The van der Waals surface area contributed by atoms with Crippen LogP contribution < -0.4 is 15.8 Å². The van der Waals surface area contributed by atoms with Gasteiger partial charge in [-0.05, 0) is 49.6 Å². The Morgan fingerprint density at radius 2 is 2.04 bits per heavy atom. The van der Waals surface area contributed by atoms with Crippen LogP contribution in [0.2, 0.25) is 0 Å². The maximum atomic E-state index is 12.3. The normalized spacial score (nSPS) is 14.9. The molecule has 1 aliphatic heterocycles. The zero-order valence-electron chi connectivity index (χ0n) is 14.5. The van der Waals surface area contributed by atoms with Crippen molar-refractivity contribution in [2.75, 3.05) is 31.6 Å². The Morgan fingerprint density at radius 1 is 1.23 bits per heavy atom. The number of furan rings is 1. The van der Waals surface area contributed by atoms with Crippen LogP contribution >= 0.6 is 0 Å². The number of nitrogens with one attached hydrogen (secondary N) is 1. The average molecular weight is 357 g/mol. The first-order valence-corrected chi connectivity index (χ1v) is 8.71. The predicted octanol–water partition coefficient (Wildman–Crippen LogP) is 2.11. The van der Waals surface area contributed by atoms with E-state index in [-0.39, 0.29) is 24.2 Å². The van der Waals surface area contributed by atoms with Gasteiger partial charge in [0, 0.05) is 24.8 Å². The highest BCUT2D eigenvalue weighted by Crippen LogP contribution is 2.19. The lowest BCUT2D eigenvalue weighted by Crippen LogP contribution is -2.42. The van der Waals surface area contributed by atoms with Gasteiger partial charge in [0.1, 0.15) is 5.75 Å². The molecule has 0 spiro atoms. The molecule has 7 heteroatoms. The molecule has 2 amide bonds. The number of benzene rings is 1. The van der Waals surface area contributed by atoms with Crippen LogP contribution in [0, 0.1) is 5.92 Å². The molecule has 0 atom stereocenters. The maximum Gasteiger partial charge on any atom is 0.291 e. The zero-order valence-corrected chi connectivity index (χ0v) is 14.5. The lowest BCUT2D eigenvalue weighted by molar-refractivity contribution is -0.134. The van der Waals surface area contributed by atoms with Crippen molar-refractivity contribution in [2.45, 2.75) is 12.8 Å². The van der Waals surface area contributed by atoms with E-state index in [1.54, 1.807) is 36.4 Å². The smallest absolute Gasteiger partial charge is 0.291 e. The number of hydrogen-bond acceptors (Lipinski definition) is 5. The highest BCUT2D eigenvalue weighted by atomic mass is 16.5. The summed E-state index contributed by atoms with van der Waals surface area (Å²) >= 11 is 0. The van der Waals surface area contributed by atoms with E-state index in [2.05, 4.69) is 5.32 Å². The summed E-state index contributed by atoms with van der Waals surface area (Å²) in [7, 11) is 0. The minimum Gasteiger partial charge on any atom is -0.484 e. The van der Waals surface area contributed by atoms with Crippen LogP contribution in [0.3, 0.4) is 0 Å². The fourth-order valence-corrected chi connectivity index (χ4v) is 2.92. The van der Waals surface area contributed by atoms with Gasteiger partial charge in [-0.3, -0.25) is 9.59 Å². The quantitative estimate of drug-likeness (QED) is 0.825. The van der Waals surface area contributed by atoms with Gasteiger partial charge < -0.3 is 25.1 Å². The highest BCUT2D eigenvalue weighted by molar-refractivity contribution is 6.02. The fourth-order valence-electron chi connectivity index (χ4n) is 2.92. The molecular formula is C19H23N3O4. The van der Waals surface area contributed by atoms with E-state index in [0.717, 1.165) is 25.9 Å². The van der Waals surface area contributed by atoms with Crippen LogP contribution in [0.15, 0.2) is 47.1 Å². The van der Waals surface area contributed by atoms with Crippen LogP contribution in [0.25, 0.3) is 0 Å². The van der Waals surface area contributed by atoms with E-state index in [0.29, 0.717) is 23.9 Å². The molecule has 3 N–H and O–H groups in total. The van der Waals surface area contributed by atoms with Gasteiger partial charge in [0.25, 0.3) is 11.8 Å². The number of nitrogens with zero attached hydrogens (tertiary/aromatic N) is 1. The number of likely N-dealkylation sites (tertiary alicyclic amines) is 1. The number of carbonyl (C=O) groups is 2. The SMILES string of the molecule is NCC1CCN(C(=O)COc2cccc(NC(=O)c3ccco3)c2)CC1. The molecule has 0 bridgehead atoms. The monoisotopic (exact) mass is 357 g/mol. The van der Waals surface area contributed by atoms with E-state index in [4.69, 9.17) is 14.9 Å². The van der Waals surface area contributed by atoms with Crippen LogP contribution in [0.5, 0.6) is 5.75 Å². The van der Waals surface area contributed by atoms with Crippen molar-refractivity contribution in [3.63, 3.8) is 0 Å². The molecule has 1 aliphatic rings. The summed E-state index contributed by atoms with van der Waals surface area (Å²) in [6.07, 6.45) is 3.32. The molecule has 138 valence electrons. The molecule has 0 saturated carbocycles. The van der Waals surface area contributed by atoms with Crippen molar-refractivity contribution >= 4 is 17.5 Å². The lowest BCUT2D eigenvalue weighted by atomic mass is 9.97. The molecule has 0 unspecified atom stereocenters. The van der Waals surface area contributed by atoms with Crippen LogP contribution in [0.4, 0.5) is 5.69 Å². The third-order valence-corrected chi connectivity index (χ3v) is 4.50. The molecule has 1 aromatic heterocycles. The van der Waals surface area contributed by atoms with Crippen LogP contribution in [-0.4, -0.2) is 43.0 Å². The maximum absolute atomic E-state index is 12.3. The van der Waals surface area contributed by atoms with Gasteiger partial charge in [0.15, 0.2) is 12.4 Å². The van der Waals surface area contributed by atoms with Gasteiger partial charge >= 0.3 is 0 Å². The van der Waals surface area contributed by atoms with E-state index in [9.17, 15) is 9.59 Å². The van der Waals surface area contributed by atoms with Gasteiger partial charge in [-0.15, -0.1) is 0 Å². The Balaban J connectivity index is 1.51. The molecule has 7 nitrogen and oxygen atoms in total. The Bertz CT molecular complexity index is 737. The van der Waals surface area contributed by atoms with Crippen molar-refractivity contribution in [1.82, 2.24) is 4.90 Å². The van der Waals surface area contributed by atoms with Crippen molar-refractivity contribution in [3.05, 3.63) is 48.4 Å². The topological polar surface area (TPSA) is 97.8 Å². The Labute approximate surface area is 152 Å². The molecular weight excluding hydrogens is 334 g/mol. The van der Waals surface area contributed by atoms with E-state index in [1.165, 1.54) is 6.26 Å². The number of nitrogens with two attached hydrogens (primary N) is 1. The summed E-state index contributed by atoms with van der Waals surface area (Å²) in [4.78, 5) is 26.1. The second-order valence-electron chi connectivity index (χ2n) is 6.31. The number of rotatable bonds is 6. The van der Waals surface area contributed by atoms with E-state index >= 15 is 0 Å². The summed E-state index contributed by atoms with van der Waals surface area (Å²) in [6, 6.07) is 10.2. The van der Waals surface area contributed by atoms with E-state index < -0.39 is 0 Å². The first kappa shape index (κ1) is 18.0. The molecule has 1 aromatic carbocycles. The van der Waals surface area contributed by atoms with Gasteiger partial charge in [0.2, 0.25) is 0 Å². The molecule has 2 heterocycles. The highest BCUT2D eigenvalue weighted by Gasteiger charge is 2.22. The summed E-state index contributed by atoms with van der Waals surface area (Å²) in [5, 5.41) is 2.73. The third kappa shape index (κ3) is 4.64. The average Bonchev–Trinajstić information content (AvgIpc) is 3.21. The summed E-state index contributed by atoms with van der Waals surface area (Å²) < 4.78 is 10.7. The number of piperidine rings is 1. The molecule has 2 aromatic rings. The van der Waals surface area contributed by atoms with Crippen LogP contribution in [0.1, 0.15) is 23.4 Å². The van der Waals surface area contributed by atoms with Gasteiger partial charge in [-0.25, -0.2) is 0 Å². The van der Waals surface area contributed by atoms with Gasteiger partial charge in [0.05, 0.1) is 6.26 Å². The second kappa shape index (κ2) is 8.53. The largest absolute Gasteiger partial charge is 0.484 e. The first-order valence-electron chi connectivity index (χ1n) is 8.71. The Morgan fingerprint density at radius 3 is 2.73 bits per heavy atom. The second-order valence-corrected chi connectivity index (χ2v) is 6.31. The van der Waals surface area contributed by atoms with Gasteiger partial charge in [-0.1, -0.05) is 6.07 Å². The van der Waals surface area contributed by atoms with Gasteiger partial charge in [-0.2, -0.15) is 0 Å². The van der Waals surface area contributed by atoms with E-state index in [1.807, 2.05) is 4.90 Å². The fraction of sp³-hybridized carbons (Fsp3) is 0.368. The van der Waals surface area contributed by atoms with Crippen molar-refractivity contribution < 1.29 is 18.7 Å².